The van der Waals surface area contributed by atoms with Crippen molar-refractivity contribution >= 4 is 10.9 Å². The molecule has 0 radical (unpaired) electrons. The van der Waals surface area contributed by atoms with Crippen LogP contribution in [0.15, 0.2) is 18.2 Å². The van der Waals surface area contributed by atoms with E-state index in [4.69, 9.17) is 5.73 Å². The normalized spacial score (nSPS) is 20.9. The summed E-state index contributed by atoms with van der Waals surface area (Å²) in [5.74, 6) is 0. The molecule has 2 aliphatic carbocycles. The van der Waals surface area contributed by atoms with Crippen molar-refractivity contribution in [3.63, 3.8) is 0 Å². The number of hydrogen-bond donors (Lipinski definition) is 2. The summed E-state index contributed by atoms with van der Waals surface area (Å²) in [5, 5.41) is 1.46. The fraction of sp³-hybridized carbons (Fsp3) is 0.500. The van der Waals surface area contributed by atoms with Gasteiger partial charge in [0.25, 0.3) is 0 Å². The van der Waals surface area contributed by atoms with E-state index in [0.29, 0.717) is 5.41 Å². The number of aromatic nitrogens is 1. The summed E-state index contributed by atoms with van der Waals surface area (Å²) in [4.78, 5) is 3.60. The molecule has 1 heterocycles. The summed E-state index contributed by atoms with van der Waals surface area (Å²) in [6, 6.07) is 6.96. The fourth-order valence-electron chi connectivity index (χ4n) is 3.50. The number of nitrogens with two attached hydrogens (primary N) is 1. The van der Waals surface area contributed by atoms with Crippen molar-refractivity contribution in [2.75, 3.05) is 6.54 Å². The molecule has 0 atom stereocenters. The second-order valence-corrected chi connectivity index (χ2v) is 6.03. The second-order valence-electron chi connectivity index (χ2n) is 6.03. The molecule has 2 aliphatic rings. The minimum absolute atomic E-state index is 0.313. The minimum atomic E-state index is 0.313. The highest BCUT2D eigenvalue weighted by Crippen LogP contribution is 2.48. The molecule has 0 unspecified atom stereocenters. The van der Waals surface area contributed by atoms with E-state index in [-0.39, 0.29) is 0 Å². The van der Waals surface area contributed by atoms with Crippen LogP contribution >= 0.6 is 0 Å². The van der Waals surface area contributed by atoms with Gasteiger partial charge in [-0.1, -0.05) is 6.07 Å². The van der Waals surface area contributed by atoms with Crippen LogP contribution in [0, 0.1) is 0 Å². The molecule has 1 aromatic heterocycles. The van der Waals surface area contributed by atoms with Crippen LogP contribution in [-0.2, 0) is 18.3 Å². The van der Waals surface area contributed by atoms with Gasteiger partial charge in [0.05, 0.1) is 0 Å². The number of hydrogen-bond acceptors (Lipinski definition) is 1. The van der Waals surface area contributed by atoms with E-state index in [1.165, 1.54) is 60.7 Å². The zero-order valence-corrected chi connectivity index (χ0v) is 10.8. The standard InChI is InChI=1S/C16H20N2/c17-10-16(7-8-16)11-5-6-15-13(9-11)12-3-1-2-4-14(12)18-15/h5-6,9,18H,1-4,7-8,10,17H2. The smallest absolute Gasteiger partial charge is 0.0459 e. The lowest BCUT2D eigenvalue weighted by Crippen LogP contribution is -2.19. The van der Waals surface area contributed by atoms with E-state index in [0.717, 1.165) is 6.54 Å². The minimum Gasteiger partial charge on any atom is -0.358 e. The Labute approximate surface area is 108 Å². The molecule has 1 fully saturated rings. The molecule has 3 N–H and O–H groups in total. The Bertz CT molecular complexity index is 605. The van der Waals surface area contributed by atoms with Gasteiger partial charge in [-0.3, -0.25) is 0 Å². The maximum atomic E-state index is 5.95. The molecule has 1 saturated carbocycles. The van der Waals surface area contributed by atoms with Gasteiger partial charge < -0.3 is 10.7 Å². The Morgan fingerprint density at radius 2 is 2.00 bits per heavy atom. The van der Waals surface area contributed by atoms with Crippen molar-refractivity contribution in [1.82, 2.24) is 4.98 Å². The fourth-order valence-corrected chi connectivity index (χ4v) is 3.50. The number of fused-ring (bicyclic) bond motifs is 3. The van der Waals surface area contributed by atoms with Gasteiger partial charge in [0, 0.05) is 28.6 Å². The highest BCUT2D eigenvalue weighted by Gasteiger charge is 2.42. The molecule has 0 aliphatic heterocycles. The van der Waals surface area contributed by atoms with Gasteiger partial charge in [0.2, 0.25) is 0 Å². The van der Waals surface area contributed by atoms with E-state index < -0.39 is 0 Å². The van der Waals surface area contributed by atoms with E-state index >= 15 is 0 Å². The number of aryl methyl sites for hydroxylation is 2. The number of benzene rings is 1. The van der Waals surface area contributed by atoms with Crippen molar-refractivity contribution in [2.24, 2.45) is 5.73 Å². The zero-order valence-electron chi connectivity index (χ0n) is 10.8. The number of nitrogens with one attached hydrogen (secondary N) is 1. The summed E-state index contributed by atoms with van der Waals surface area (Å²) in [7, 11) is 0. The highest BCUT2D eigenvalue weighted by atomic mass is 14.7. The SMILES string of the molecule is NCC1(c2ccc3[nH]c4c(c3c2)CCCC4)CC1. The average molecular weight is 240 g/mol. The summed E-state index contributed by atoms with van der Waals surface area (Å²) < 4.78 is 0. The summed E-state index contributed by atoms with van der Waals surface area (Å²) in [6.45, 7) is 0.797. The predicted octanol–water partition coefficient (Wildman–Crippen LogP) is 3.04. The van der Waals surface area contributed by atoms with E-state index in [2.05, 4.69) is 23.2 Å². The van der Waals surface area contributed by atoms with E-state index in [1.54, 1.807) is 5.56 Å². The quantitative estimate of drug-likeness (QED) is 0.832. The van der Waals surface area contributed by atoms with Gasteiger partial charge in [-0.05, 0) is 61.8 Å². The first-order valence-electron chi connectivity index (χ1n) is 7.16. The van der Waals surface area contributed by atoms with Crippen LogP contribution in [0.3, 0.4) is 0 Å². The van der Waals surface area contributed by atoms with Gasteiger partial charge >= 0.3 is 0 Å². The maximum Gasteiger partial charge on any atom is 0.0459 e. The lowest BCUT2D eigenvalue weighted by Gasteiger charge is -2.14. The molecule has 4 rings (SSSR count). The number of H-pyrrole nitrogens is 1. The lowest BCUT2D eigenvalue weighted by molar-refractivity contribution is 0.679. The van der Waals surface area contributed by atoms with Crippen molar-refractivity contribution < 1.29 is 0 Å². The Morgan fingerprint density at radius 3 is 2.78 bits per heavy atom. The van der Waals surface area contributed by atoms with E-state index in [9.17, 15) is 0 Å². The molecular weight excluding hydrogens is 220 g/mol. The first-order chi connectivity index (χ1) is 8.82. The van der Waals surface area contributed by atoms with Crippen LogP contribution in [0.25, 0.3) is 10.9 Å². The molecule has 0 bridgehead atoms. The molecule has 94 valence electrons. The summed E-state index contributed by atoms with van der Waals surface area (Å²) >= 11 is 0. The Morgan fingerprint density at radius 1 is 1.17 bits per heavy atom. The molecule has 0 amide bonds. The Kier molecular flexibility index (Phi) is 2.13. The average Bonchev–Trinajstić information content (AvgIpc) is 3.14. The van der Waals surface area contributed by atoms with Crippen molar-refractivity contribution in [2.45, 2.75) is 43.9 Å². The zero-order chi connectivity index (χ0) is 12.2. The van der Waals surface area contributed by atoms with Crippen molar-refractivity contribution in [1.29, 1.82) is 0 Å². The third-order valence-corrected chi connectivity index (χ3v) is 4.95. The van der Waals surface area contributed by atoms with Gasteiger partial charge in [0.15, 0.2) is 0 Å². The third-order valence-electron chi connectivity index (χ3n) is 4.95. The van der Waals surface area contributed by atoms with Gasteiger partial charge in [0.1, 0.15) is 0 Å². The molecule has 2 nitrogen and oxygen atoms in total. The van der Waals surface area contributed by atoms with Gasteiger partial charge in [-0.25, -0.2) is 0 Å². The van der Waals surface area contributed by atoms with Crippen LogP contribution in [0.1, 0.15) is 42.5 Å². The van der Waals surface area contributed by atoms with Crippen LogP contribution in [0.4, 0.5) is 0 Å². The highest BCUT2D eigenvalue weighted by molar-refractivity contribution is 5.86. The Balaban J connectivity index is 1.89. The van der Waals surface area contributed by atoms with Crippen LogP contribution in [-0.4, -0.2) is 11.5 Å². The van der Waals surface area contributed by atoms with E-state index in [1.807, 2.05) is 0 Å². The maximum absolute atomic E-state index is 5.95. The van der Waals surface area contributed by atoms with Gasteiger partial charge in [-0.15, -0.1) is 0 Å². The summed E-state index contributed by atoms with van der Waals surface area (Å²) in [6.07, 6.45) is 7.67. The Hall–Kier alpha value is -1.28. The van der Waals surface area contributed by atoms with Crippen LogP contribution in [0.2, 0.25) is 0 Å². The molecule has 0 saturated heterocycles. The topological polar surface area (TPSA) is 41.8 Å². The van der Waals surface area contributed by atoms with Gasteiger partial charge in [-0.2, -0.15) is 0 Å². The van der Waals surface area contributed by atoms with Crippen LogP contribution < -0.4 is 5.73 Å². The lowest BCUT2D eigenvalue weighted by atomic mass is 9.91. The predicted molar refractivity (Wildman–Crippen MR) is 74.9 cm³/mol. The van der Waals surface area contributed by atoms with Crippen molar-refractivity contribution in [3.05, 3.63) is 35.0 Å². The molecule has 18 heavy (non-hydrogen) atoms. The van der Waals surface area contributed by atoms with Crippen molar-refractivity contribution in [3.8, 4) is 0 Å². The molecular formula is C16H20N2. The first kappa shape index (κ1) is 10.6. The number of rotatable bonds is 2. The molecule has 2 aromatic rings. The van der Waals surface area contributed by atoms with Crippen LogP contribution in [0.5, 0.6) is 0 Å². The molecule has 0 spiro atoms. The number of aromatic amines is 1. The summed E-state index contributed by atoms with van der Waals surface area (Å²) in [5.41, 5.74) is 12.1. The monoisotopic (exact) mass is 240 g/mol. The molecule has 1 aromatic carbocycles. The first-order valence-corrected chi connectivity index (χ1v) is 7.16. The largest absolute Gasteiger partial charge is 0.358 e. The second kappa shape index (κ2) is 3.61. The third kappa shape index (κ3) is 1.39. The molecule has 2 heteroatoms.